The first-order valence-corrected chi connectivity index (χ1v) is 7.63. The van der Waals surface area contributed by atoms with E-state index in [0.29, 0.717) is 8.65 Å². The molecule has 0 aromatic heterocycles. The van der Waals surface area contributed by atoms with E-state index < -0.39 is 0 Å². The maximum absolute atomic E-state index is 4.20. The van der Waals surface area contributed by atoms with Gasteiger partial charge < -0.3 is 0 Å². The largest absolute Gasteiger partial charge is 0.0832 e. The number of fused-ring (bicyclic) bond motifs is 9. The second-order valence-electron chi connectivity index (χ2n) is 5.95. The van der Waals surface area contributed by atoms with E-state index in [1.54, 1.807) is 0 Å². The summed E-state index contributed by atoms with van der Waals surface area (Å²) in [5, 5.41) is 0. The highest BCUT2D eigenvalue weighted by Crippen LogP contribution is 2.77. The van der Waals surface area contributed by atoms with Crippen molar-refractivity contribution in [3.05, 3.63) is 0 Å². The smallest absolute Gasteiger partial charge is 0.0472 e. The number of halogens is 2. The minimum atomic E-state index is 0.506. The molecule has 0 aliphatic heterocycles. The molecule has 4 aliphatic carbocycles. The van der Waals surface area contributed by atoms with E-state index in [9.17, 15) is 0 Å². The third-order valence-electron chi connectivity index (χ3n) is 5.83. The molecule has 4 fully saturated rings. The molecule has 4 saturated carbocycles. The van der Waals surface area contributed by atoms with Crippen molar-refractivity contribution in [3.8, 4) is 0 Å². The summed E-state index contributed by atoms with van der Waals surface area (Å²) < 4.78 is 1.01. The van der Waals surface area contributed by atoms with Crippen LogP contribution in [-0.4, -0.2) is 8.65 Å². The van der Waals surface area contributed by atoms with Crippen LogP contribution in [0.3, 0.4) is 0 Å². The lowest BCUT2D eigenvalue weighted by atomic mass is 9.70. The molecule has 0 aromatic carbocycles. The van der Waals surface area contributed by atoms with Crippen molar-refractivity contribution in [1.82, 2.24) is 0 Å². The lowest BCUT2D eigenvalue weighted by molar-refractivity contribution is 0.222. The molecular weight excluding hydrogens is 304 g/mol. The average Bonchev–Trinajstić information content (AvgIpc) is 2.86. The summed E-state index contributed by atoms with van der Waals surface area (Å²) >= 11 is 8.39. The van der Waals surface area contributed by atoms with Crippen LogP contribution in [0, 0.1) is 23.7 Å². The quantitative estimate of drug-likeness (QED) is 0.465. The van der Waals surface area contributed by atoms with Crippen LogP contribution in [0.1, 0.15) is 38.5 Å². The summed E-state index contributed by atoms with van der Waals surface area (Å²) in [4.78, 5) is 0. The molecule has 4 atom stereocenters. The zero-order valence-corrected chi connectivity index (χ0v) is 11.5. The highest BCUT2D eigenvalue weighted by molar-refractivity contribution is 9.13. The van der Waals surface area contributed by atoms with E-state index in [-0.39, 0.29) is 0 Å². The number of hydrogen-bond donors (Lipinski definition) is 0. The summed E-state index contributed by atoms with van der Waals surface area (Å²) in [5.74, 6) is 3.95. The zero-order valence-electron chi connectivity index (χ0n) is 8.31. The molecule has 0 amide bonds. The molecule has 2 heteroatoms. The lowest BCUT2D eigenvalue weighted by Crippen LogP contribution is -2.53. The van der Waals surface area contributed by atoms with E-state index >= 15 is 0 Å². The van der Waals surface area contributed by atoms with Gasteiger partial charge >= 0.3 is 0 Å². The predicted molar refractivity (Wildman–Crippen MR) is 65.0 cm³/mol. The molecule has 4 aliphatic rings. The molecule has 0 heterocycles. The monoisotopic (exact) mass is 318 g/mol. The van der Waals surface area contributed by atoms with Gasteiger partial charge in [-0.05, 0) is 62.2 Å². The molecule has 0 aromatic rings. The fraction of sp³-hybridized carbons (Fsp3) is 1.00. The van der Waals surface area contributed by atoms with Gasteiger partial charge in [0.2, 0.25) is 0 Å². The zero-order chi connectivity index (χ0) is 9.55. The number of hydrogen-bond acceptors (Lipinski definition) is 0. The van der Waals surface area contributed by atoms with Crippen LogP contribution < -0.4 is 0 Å². The van der Waals surface area contributed by atoms with Gasteiger partial charge in [0.05, 0.1) is 0 Å². The van der Waals surface area contributed by atoms with Gasteiger partial charge in [0.25, 0.3) is 0 Å². The topological polar surface area (TPSA) is 0 Å². The lowest BCUT2D eigenvalue weighted by Gasteiger charge is -2.49. The van der Waals surface area contributed by atoms with Gasteiger partial charge in [-0.3, -0.25) is 0 Å². The van der Waals surface area contributed by atoms with Crippen LogP contribution in [0.5, 0.6) is 0 Å². The van der Waals surface area contributed by atoms with E-state index in [2.05, 4.69) is 31.9 Å². The van der Waals surface area contributed by atoms with Gasteiger partial charge in [-0.15, -0.1) is 0 Å². The molecule has 0 spiro atoms. The first-order valence-electron chi connectivity index (χ1n) is 6.05. The molecule has 4 bridgehead atoms. The molecule has 14 heavy (non-hydrogen) atoms. The Kier molecular flexibility index (Phi) is 1.58. The molecule has 0 saturated heterocycles. The van der Waals surface area contributed by atoms with Crippen LogP contribution in [0.25, 0.3) is 0 Å². The maximum atomic E-state index is 4.20. The second kappa shape index (κ2) is 2.45. The van der Waals surface area contributed by atoms with E-state index in [1.807, 2.05) is 0 Å². The molecule has 0 N–H and O–H groups in total. The van der Waals surface area contributed by atoms with E-state index in [4.69, 9.17) is 0 Å². The predicted octanol–water partition coefficient (Wildman–Crippen LogP) is 4.11. The van der Waals surface area contributed by atoms with Crippen LogP contribution in [0.2, 0.25) is 0 Å². The van der Waals surface area contributed by atoms with Gasteiger partial charge in [-0.1, -0.05) is 31.9 Å². The molecule has 4 rings (SSSR count). The average molecular weight is 320 g/mol. The fourth-order valence-electron chi connectivity index (χ4n) is 5.41. The minimum absolute atomic E-state index is 0.506. The third kappa shape index (κ3) is 0.687. The Balaban J connectivity index is 1.91. The summed E-state index contributed by atoms with van der Waals surface area (Å²) in [7, 11) is 0. The fourth-order valence-corrected chi connectivity index (χ4v) is 8.37. The minimum Gasteiger partial charge on any atom is -0.0832 e. The van der Waals surface area contributed by atoms with Crippen molar-refractivity contribution in [2.24, 2.45) is 23.7 Å². The normalized spacial score (nSPS) is 69.0. The van der Waals surface area contributed by atoms with Crippen molar-refractivity contribution >= 4 is 31.9 Å². The van der Waals surface area contributed by atoms with Crippen LogP contribution in [0.15, 0.2) is 0 Å². The molecule has 0 nitrogen and oxygen atoms in total. The van der Waals surface area contributed by atoms with Crippen molar-refractivity contribution in [2.75, 3.05) is 0 Å². The summed E-state index contributed by atoms with van der Waals surface area (Å²) in [6, 6.07) is 0. The van der Waals surface area contributed by atoms with Crippen molar-refractivity contribution in [1.29, 1.82) is 0 Å². The number of alkyl halides is 2. The Morgan fingerprint density at radius 2 is 0.929 bits per heavy atom. The van der Waals surface area contributed by atoms with Crippen molar-refractivity contribution in [3.63, 3.8) is 0 Å². The highest BCUT2D eigenvalue weighted by Gasteiger charge is 2.75. The van der Waals surface area contributed by atoms with Crippen molar-refractivity contribution in [2.45, 2.75) is 47.2 Å². The van der Waals surface area contributed by atoms with E-state index in [1.165, 1.54) is 38.5 Å². The SMILES string of the molecule is BrC12[C@H]3CC[C@@H](C3)C1(Br)[C@H]1CC[C@H]2C1. The van der Waals surface area contributed by atoms with Gasteiger partial charge in [0, 0.05) is 8.65 Å². The Morgan fingerprint density at radius 3 is 1.21 bits per heavy atom. The van der Waals surface area contributed by atoms with Crippen LogP contribution >= 0.6 is 31.9 Å². The standard InChI is InChI=1S/C12H16Br2/c13-11-7-1-2-8(5-7)12(11,14)10-4-3-9(11)6-10/h7-10H,1-6H2/t7-,8-,9-,10-,11?,12?/m0/s1. The molecule has 78 valence electrons. The first kappa shape index (κ1) is 9.04. The molecular formula is C12H16Br2. The first-order chi connectivity index (χ1) is 6.67. The second-order valence-corrected chi connectivity index (χ2v) is 8.57. The Hall–Kier alpha value is 0.960. The van der Waals surface area contributed by atoms with Gasteiger partial charge in [0.1, 0.15) is 0 Å². The van der Waals surface area contributed by atoms with Gasteiger partial charge in [0.15, 0.2) is 0 Å². The Labute approximate surface area is 102 Å². The highest BCUT2D eigenvalue weighted by atomic mass is 79.9. The van der Waals surface area contributed by atoms with Crippen LogP contribution in [0.4, 0.5) is 0 Å². The van der Waals surface area contributed by atoms with Crippen LogP contribution in [-0.2, 0) is 0 Å². The maximum Gasteiger partial charge on any atom is 0.0472 e. The van der Waals surface area contributed by atoms with E-state index in [0.717, 1.165) is 23.7 Å². The Bertz CT molecular complexity index is 249. The Morgan fingerprint density at radius 1 is 0.643 bits per heavy atom. The summed E-state index contributed by atoms with van der Waals surface area (Å²) in [6.45, 7) is 0. The third-order valence-corrected chi connectivity index (χ3v) is 10.3. The van der Waals surface area contributed by atoms with Gasteiger partial charge in [-0.25, -0.2) is 0 Å². The molecule has 0 unspecified atom stereocenters. The summed E-state index contributed by atoms with van der Waals surface area (Å²) in [6.07, 6.45) is 8.98. The molecule has 0 radical (unpaired) electrons. The van der Waals surface area contributed by atoms with Gasteiger partial charge in [-0.2, -0.15) is 0 Å². The summed E-state index contributed by atoms with van der Waals surface area (Å²) in [5.41, 5.74) is 0. The van der Waals surface area contributed by atoms with Crippen molar-refractivity contribution < 1.29 is 0 Å². The number of rotatable bonds is 0.